The maximum Gasteiger partial charge on any atom is 0.196 e. The lowest BCUT2D eigenvalue weighted by Gasteiger charge is -2.14. The Kier molecular flexibility index (Phi) is 3.61. The van der Waals surface area contributed by atoms with Gasteiger partial charge >= 0.3 is 0 Å². The maximum atomic E-state index is 13.5. The first-order valence-corrected chi connectivity index (χ1v) is 7.24. The average molecular weight is 295 g/mol. The lowest BCUT2D eigenvalue weighted by Crippen LogP contribution is -2.13. The zero-order valence-electron chi connectivity index (χ0n) is 10.5. The van der Waals surface area contributed by atoms with Crippen molar-refractivity contribution in [2.75, 3.05) is 17.6 Å². The fraction of sp³-hybridized carbons (Fsp3) is 0.200. The summed E-state index contributed by atoms with van der Waals surface area (Å²) >= 11 is 1.75. The molecule has 2 aromatic rings. The van der Waals surface area contributed by atoms with Gasteiger partial charge in [-0.05, 0) is 23.8 Å². The summed E-state index contributed by atoms with van der Waals surface area (Å²) < 4.78 is 39.5. The topological polar surface area (TPSA) is 12.0 Å². The minimum atomic E-state index is -1.43. The number of thioether (sulfide) groups is 1. The van der Waals surface area contributed by atoms with Crippen molar-refractivity contribution in [3.63, 3.8) is 0 Å². The highest BCUT2D eigenvalue weighted by molar-refractivity contribution is 7.99. The van der Waals surface area contributed by atoms with Crippen molar-refractivity contribution >= 4 is 17.4 Å². The number of benzene rings is 2. The van der Waals surface area contributed by atoms with Crippen LogP contribution in [0.25, 0.3) is 0 Å². The maximum absolute atomic E-state index is 13.5. The molecule has 0 saturated heterocycles. The molecule has 1 heterocycles. The summed E-state index contributed by atoms with van der Waals surface area (Å²) in [4.78, 5) is 1.23. The van der Waals surface area contributed by atoms with Gasteiger partial charge in [-0.25, -0.2) is 13.2 Å². The third kappa shape index (κ3) is 2.38. The van der Waals surface area contributed by atoms with E-state index in [1.807, 2.05) is 18.2 Å². The van der Waals surface area contributed by atoms with E-state index in [9.17, 15) is 13.2 Å². The van der Waals surface area contributed by atoms with E-state index in [1.165, 1.54) is 16.5 Å². The number of hydrogen-bond acceptors (Lipinski definition) is 2. The van der Waals surface area contributed by atoms with E-state index >= 15 is 0 Å². The molecule has 0 radical (unpaired) electrons. The van der Waals surface area contributed by atoms with E-state index in [-0.39, 0.29) is 11.6 Å². The molecule has 1 aliphatic heterocycles. The Bertz CT molecular complexity index is 645. The molecule has 1 aliphatic rings. The molecule has 1 atom stereocenters. The molecule has 0 bridgehead atoms. The van der Waals surface area contributed by atoms with Crippen molar-refractivity contribution in [1.82, 2.24) is 0 Å². The van der Waals surface area contributed by atoms with Gasteiger partial charge in [-0.3, -0.25) is 0 Å². The SMILES string of the molecule is Fc1ccc(NCC2CSc3ccccc32)c(F)c1F. The first-order valence-electron chi connectivity index (χ1n) is 6.26. The number of rotatable bonds is 3. The number of anilines is 1. The molecule has 0 aromatic heterocycles. The van der Waals surface area contributed by atoms with E-state index in [0.717, 1.165) is 11.8 Å². The molecular weight excluding hydrogens is 283 g/mol. The first-order chi connectivity index (χ1) is 9.66. The molecule has 0 spiro atoms. The van der Waals surface area contributed by atoms with Gasteiger partial charge in [0.2, 0.25) is 0 Å². The van der Waals surface area contributed by atoms with E-state index in [0.29, 0.717) is 6.54 Å². The Morgan fingerprint density at radius 3 is 2.70 bits per heavy atom. The number of hydrogen-bond donors (Lipinski definition) is 1. The Morgan fingerprint density at radius 1 is 1.05 bits per heavy atom. The molecule has 3 rings (SSSR count). The molecule has 20 heavy (non-hydrogen) atoms. The number of fused-ring (bicyclic) bond motifs is 1. The number of nitrogens with one attached hydrogen (secondary N) is 1. The van der Waals surface area contributed by atoms with Crippen LogP contribution >= 0.6 is 11.8 Å². The zero-order valence-corrected chi connectivity index (χ0v) is 11.3. The Labute approximate surface area is 119 Å². The summed E-state index contributed by atoms with van der Waals surface area (Å²) in [5.74, 6) is -2.63. The van der Waals surface area contributed by atoms with Gasteiger partial charge in [0.1, 0.15) is 0 Å². The van der Waals surface area contributed by atoms with E-state index in [2.05, 4.69) is 11.4 Å². The summed E-state index contributed by atoms with van der Waals surface area (Å²) in [7, 11) is 0. The van der Waals surface area contributed by atoms with Crippen molar-refractivity contribution < 1.29 is 13.2 Å². The second kappa shape index (κ2) is 5.40. The molecular formula is C15H12F3NS. The van der Waals surface area contributed by atoms with Crippen LogP contribution in [0.4, 0.5) is 18.9 Å². The molecule has 104 valence electrons. The monoisotopic (exact) mass is 295 g/mol. The van der Waals surface area contributed by atoms with Crippen molar-refractivity contribution in [3.05, 3.63) is 59.4 Å². The molecule has 1 N–H and O–H groups in total. The zero-order chi connectivity index (χ0) is 14.1. The minimum absolute atomic E-state index is 0.00159. The van der Waals surface area contributed by atoms with Gasteiger partial charge in [-0.1, -0.05) is 18.2 Å². The lowest BCUT2D eigenvalue weighted by molar-refractivity contribution is 0.449. The molecule has 5 heteroatoms. The highest BCUT2D eigenvalue weighted by Gasteiger charge is 2.23. The highest BCUT2D eigenvalue weighted by Crippen LogP contribution is 2.39. The minimum Gasteiger partial charge on any atom is -0.382 e. The van der Waals surface area contributed by atoms with E-state index in [1.54, 1.807) is 11.8 Å². The van der Waals surface area contributed by atoms with Crippen LogP contribution in [0.5, 0.6) is 0 Å². The third-order valence-electron chi connectivity index (χ3n) is 3.37. The predicted molar refractivity (Wildman–Crippen MR) is 74.7 cm³/mol. The van der Waals surface area contributed by atoms with Crippen LogP contribution in [0.1, 0.15) is 11.5 Å². The van der Waals surface area contributed by atoms with E-state index < -0.39 is 17.5 Å². The number of halogens is 3. The summed E-state index contributed by atoms with van der Waals surface area (Å²) in [6, 6.07) is 10.2. The third-order valence-corrected chi connectivity index (χ3v) is 4.62. The van der Waals surface area contributed by atoms with Gasteiger partial charge in [0.05, 0.1) is 5.69 Å². The Morgan fingerprint density at radius 2 is 1.85 bits per heavy atom. The second-order valence-corrected chi connectivity index (χ2v) is 5.71. The van der Waals surface area contributed by atoms with Crippen LogP contribution in [-0.2, 0) is 0 Å². The molecule has 0 fully saturated rings. The van der Waals surface area contributed by atoms with Crippen LogP contribution in [0, 0.1) is 17.5 Å². The normalized spacial score (nSPS) is 17.1. The van der Waals surface area contributed by atoms with Crippen LogP contribution < -0.4 is 5.32 Å². The van der Waals surface area contributed by atoms with Gasteiger partial charge in [0, 0.05) is 23.1 Å². The van der Waals surface area contributed by atoms with Crippen LogP contribution in [0.15, 0.2) is 41.3 Å². The summed E-state index contributed by atoms with van der Waals surface area (Å²) in [5.41, 5.74) is 1.21. The van der Waals surface area contributed by atoms with E-state index in [4.69, 9.17) is 0 Å². The van der Waals surface area contributed by atoms with Gasteiger partial charge < -0.3 is 5.32 Å². The van der Waals surface area contributed by atoms with Gasteiger partial charge in [0.15, 0.2) is 17.5 Å². The van der Waals surface area contributed by atoms with Crippen molar-refractivity contribution in [2.24, 2.45) is 0 Å². The van der Waals surface area contributed by atoms with Crippen molar-refractivity contribution in [1.29, 1.82) is 0 Å². The molecule has 0 saturated carbocycles. The van der Waals surface area contributed by atoms with Gasteiger partial charge in [0.25, 0.3) is 0 Å². The van der Waals surface area contributed by atoms with Gasteiger partial charge in [-0.2, -0.15) is 0 Å². The van der Waals surface area contributed by atoms with Crippen LogP contribution in [-0.4, -0.2) is 12.3 Å². The average Bonchev–Trinajstić information content (AvgIpc) is 2.87. The lowest BCUT2D eigenvalue weighted by atomic mass is 10.0. The van der Waals surface area contributed by atoms with Crippen LogP contribution in [0.2, 0.25) is 0 Å². The van der Waals surface area contributed by atoms with Crippen LogP contribution in [0.3, 0.4) is 0 Å². The van der Waals surface area contributed by atoms with Gasteiger partial charge in [-0.15, -0.1) is 11.8 Å². The fourth-order valence-corrected chi connectivity index (χ4v) is 3.55. The molecule has 0 amide bonds. The summed E-state index contributed by atoms with van der Waals surface area (Å²) in [5, 5.41) is 2.87. The molecule has 2 aromatic carbocycles. The Balaban J connectivity index is 1.74. The smallest absolute Gasteiger partial charge is 0.196 e. The molecule has 0 aliphatic carbocycles. The first kappa shape index (κ1) is 13.4. The van der Waals surface area contributed by atoms with Crippen molar-refractivity contribution in [3.8, 4) is 0 Å². The second-order valence-electron chi connectivity index (χ2n) is 4.65. The quantitative estimate of drug-likeness (QED) is 0.842. The van der Waals surface area contributed by atoms with Crippen molar-refractivity contribution in [2.45, 2.75) is 10.8 Å². The highest BCUT2D eigenvalue weighted by atomic mass is 32.2. The molecule has 1 unspecified atom stereocenters. The standard InChI is InChI=1S/C15H12F3NS/c16-11-5-6-12(15(18)14(11)17)19-7-9-8-20-13-4-2-1-3-10(9)13/h1-6,9,19H,7-8H2. The largest absolute Gasteiger partial charge is 0.382 e. The summed E-state index contributed by atoms with van der Waals surface area (Å²) in [6.07, 6.45) is 0. The molecule has 1 nitrogen and oxygen atoms in total. The predicted octanol–water partition coefficient (Wildman–Crippen LogP) is 4.41. The summed E-state index contributed by atoms with van der Waals surface area (Å²) in [6.45, 7) is 0.492. The Hall–Kier alpha value is -1.62. The fourth-order valence-electron chi connectivity index (χ4n) is 2.29.